The maximum atomic E-state index is 12.3. The molecule has 0 bridgehead atoms. The fraction of sp³-hybridized carbons (Fsp3) is 0.571. The highest BCUT2D eigenvalue weighted by Crippen LogP contribution is 2.21. The standard InChI is InChI=1S/C14H17F3N6O/c15-14(16,17)8-22-6-3-12(20-22)13(24)21-4-1-11(2-5-21)7-23-10-18-9-19-23/h3,6,9-11H,1-2,4-5,7-8H2. The lowest BCUT2D eigenvalue weighted by Crippen LogP contribution is -2.39. The number of likely N-dealkylation sites (tertiary alicyclic amines) is 1. The molecule has 24 heavy (non-hydrogen) atoms. The quantitative estimate of drug-likeness (QED) is 0.846. The third-order valence-corrected chi connectivity index (χ3v) is 4.01. The van der Waals surface area contributed by atoms with Gasteiger partial charge in [-0.05, 0) is 24.8 Å². The van der Waals surface area contributed by atoms with Crippen LogP contribution in [0.15, 0.2) is 24.9 Å². The molecule has 0 saturated carbocycles. The summed E-state index contributed by atoms with van der Waals surface area (Å²) >= 11 is 0. The van der Waals surface area contributed by atoms with Gasteiger partial charge in [-0.3, -0.25) is 14.2 Å². The Balaban J connectivity index is 1.53. The summed E-state index contributed by atoms with van der Waals surface area (Å²) in [4.78, 5) is 17.9. The Morgan fingerprint density at radius 2 is 2.00 bits per heavy atom. The second kappa shape index (κ2) is 6.62. The molecule has 0 aliphatic carbocycles. The number of rotatable bonds is 4. The van der Waals surface area contributed by atoms with Crippen molar-refractivity contribution in [2.45, 2.75) is 32.1 Å². The molecule has 7 nitrogen and oxygen atoms in total. The minimum absolute atomic E-state index is 0.0500. The number of piperidine rings is 1. The van der Waals surface area contributed by atoms with Crippen molar-refractivity contribution in [3.8, 4) is 0 Å². The molecule has 0 atom stereocenters. The minimum Gasteiger partial charge on any atom is -0.337 e. The van der Waals surface area contributed by atoms with Crippen LogP contribution >= 0.6 is 0 Å². The van der Waals surface area contributed by atoms with Crippen LogP contribution in [0.1, 0.15) is 23.3 Å². The molecule has 0 radical (unpaired) electrons. The van der Waals surface area contributed by atoms with Gasteiger partial charge in [-0.1, -0.05) is 0 Å². The topological polar surface area (TPSA) is 68.8 Å². The van der Waals surface area contributed by atoms with Crippen LogP contribution in [0.5, 0.6) is 0 Å². The van der Waals surface area contributed by atoms with E-state index in [0.29, 0.717) is 19.0 Å². The van der Waals surface area contributed by atoms with Crippen molar-refractivity contribution in [1.82, 2.24) is 29.4 Å². The summed E-state index contributed by atoms with van der Waals surface area (Å²) in [6, 6.07) is 1.33. The summed E-state index contributed by atoms with van der Waals surface area (Å²) in [5, 5.41) is 7.80. The summed E-state index contributed by atoms with van der Waals surface area (Å²) in [6.07, 6.45) is 1.59. The number of aromatic nitrogens is 5. The molecule has 0 unspecified atom stereocenters. The fourth-order valence-electron chi connectivity index (χ4n) is 2.82. The average Bonchev–Trinajstić information content (AvgIpc) is 3.17. The molecule has 130 valence electrons. The Kier molecular flexibility index (Phi) is 4.54. The largest absolute Gasteiger partial charge is 0.408 e. The van der Waals surface area contributed by atoms with Gasteiger partial charge in [0.05, 0.1) is 0 Å². The smallest absolute Gasteiger partial charge is 0.337 e. The van der Waals surface area contributed by atoms with Gasteiger partial charge >= 0.3 is 6.18 Å². The second-order valence-corrected chi connectivity index (χ2v) is 5.87. The van der Waals surface area contributed by atoms with Crippen LogP contribution in [-0.4, -0.2) is 54.6 Å². The average molecular weight is 342 g/mol. The summed E-state index contributed by atoms with van der Waals surface area (Å²) in [5.41, 5.74) is 0.0500. The van der Waals surface area contributed by atoms with Crippen LogP contribution in [0.3, 0.4) is 0 Å². The molecule has 1 amide bonds. The maximum Gasteiger partial charge on any atom is 0.408 e. The number of alkyl halides is 3. The van der Waals surface area contributed by atoms with E-state index in [4.69, 9.17) is 0 Å². The highest BCUT2D eigenvalue weighted by molar-refractivity contribution is 5.92. The number of carbonyl (C=O) groups is 1. The maximum absolute atomic E-state index is 12.3. The van der Waals surface area contributed by atoms with E-state index in [1.54, 1.807) is 15.9 Å². The lowest BCUT2D eigenvalue weighted by atomic mass is 9.96. The summed E-state index contributed by atoms with van der Waals surface area (Å²) < 4.78 is 39.5. The zero-order valence-corrected chi connectivity index (χ0v) is 12.9. The number of hydrogen-bond donors (Lipinski definition) is 0. The number of carbonyl (C=O) groups excluding carboxylic acids is 1. The van der Waals surface area contributed by atoms with Crippen molar-refractivity contribution in [3.63, 3.8) is 0 Å². The van der Waals surface area contributed by atoms with E-state index in [9.17, 15) is 18.0 Å². The monoisotopic (exact) mass is 342 g/mol. The van der Waals surface area contributed by atoms with Gasteiger partial charge in [-0.15, -0.1) is 0 Å². The molecule has 0 spiro atoms. The molecule has 1 aliphatic heterocycles. The molecule has 2 aromatic heterocycles. The number of nitrogens with zero attached hydrogens (tertiary/aromatic N) is 6. The molecule has 0 N–H and O–H groups in total. The first kappa shape index (κ1) is 16.5. The van der Waals surface area contributed by atoms with Crippen molar-refractivity contribution in [1.29, 1.82) is 0 Å². The first-order valence-corrected chi connectivity index (χ1v) is 7.62. The predicted molar refractivity (Wildman–Crippen MR) is 76.9 cm³/mol. The normalized spacial score (nSPS) is 16.5. The molecule has 0 aromatic carbocycles. The van der Waals surface area contributed by atoms with Gasteiger partial charge in [-0.25, -0.2) is 4.98 Å². The van der Waals surface area contributed by atoms with Crippen LogP contribution in [0.25, 0.3) is 0 Å². The Hall–Kier alpha value is -2.39. The Morgan fingerprint density at radius 1 is 1.25 bits per heavy atom. The van der Waals surface area contributed by atoms with Crippen molar-refractivity contribution >= 4 is 5.91 Å². The summed E-state index contributed by atoms with van der Waals surface area (Å²) in [6.45, 7) is 0.678. The van der Waals surface area contributed by atoms with E-state index >= 15 is 0 Å². The highest BCUT2D eigenvalue weighted by atomic mass is 19.4. The Morgan fingerprint density at radius 3 is 2.62 bits per heavy atom. The first-order chi connectivity index (χ1) is 11.4. The lowest BCUT2D eigenvalue weighted by Gasteiger charge is -2.31. The molecule has 1 fully saturated rings. The van der Waals surface area contributed by atoms with E-state index in [1.165, 1.54) is 18.6 Å². The number of amides is 1. The molecular weight excluding hydrogens is 325 g/mol. The van der Waals surface area contributed by atoms with Crippen molar-refractivity contribution in [2.24, 2.45) is 5.92 Å². The molecular formula is C14H17F3N6O. The van der Waals surface area contributed by atoms with E-state index < -0.39 is 12.7 Å². The Bertz CT molecular complexity index is 673. The van der Waals surface area contributed by atoms with Crippen LogP contribution in [0.2, 0.25) is 0 Å². The molecule has 1 saturated heterocycles. The minimum atomic E-state index is -4.36. The van der Waals surface area contributed by atoms with E-state index in [-0.39, 0.29) is 11.6 Å². The predicted octanol–water partition coefficient (Wildman–Crippen LogP) is 1.59. The summed E-state index contributed by atoms with van der Waals surface area (Å²) in [5.74, 6) is 0.0775. The van der Waals surface area contributed by atoms with Crippen LogP contribution in [0.4, 0.5) is 13.2 Å². The van der Waals surface area contributed by atoms with E-state index in [1.807, 2.05) is 0 Å². The highest BCUT2D eigenvalue weighted by Gasteiger charge is 2.30. The second-order valence-electron chi connectivity index (χ2n) is 5.87. The zero-order chi connectivity index (χ0) is 17.2. The van der Waals surface area contributed by atoms with Crippen LogP contribution in [-0.2, 0) is 13.1 Å². The fourth-order valence-corrected chi connectivity index (χ4v) is 2.82. The van der Waals surface area contributed by atoms with E-state index in [0.717, 1.165) is 24.1 Å². The van der Waals surface area contributed by atoms with Gasteiger partial charge in [0, 0.05) is 25.8 Å². The number of hydrogen-bond acceptors (Lipinski definition) is 4. The number of halogens is 3. The molecule has 10 heteroatoms. The summed E-state index contributed by atoms with van der Waals surface area (Å²) in [7, 11) is 0. The van der Waals surface area contributed by atoms with Crippen molar-refractivity contribution < 1.29 is 18.0 Å². The molecule has 1 aliphatic rings. The van der Waals surface area contributed by atoms with Gasteiger partial charge in [0.2, 0.25) is 0 Å². The van der Waals surface area contributed by atoms with Crippen molar-refractivity contribution in [3.05, 3.63) is 30.6 Å². The SMILES string of the molecule is O=C(c1ccn(CC(F)(F)F)n1)N1CCC(Cn2cncn2)CC1. The third-order valence-electron chi connectivity index (χ3n) is 4.01. The van der Waals surface area contributed by atoms with Crippen LogP contribution in [0, 0.1) is 5.92 Å². The van der Waals surface area contributed by atoms with Gasteiger partial charge in [0.25, 0.3) is 5.91 Å². The molecule has 3 rings (SSSR count). The lowest BCUT2D eigenvalue weighted by molar-refractivity contribution is -0.142. The van der Waals surface area contributed by atoms with Crippen LogP contribution < -0.4 is 0 Å². The van der Waals surface area contributed by atoms with Gasteiger partial charge in [0.15, 0.2) is 0 Å². The molecule has 3 heterocycles. The zero-order valence-electron chi connectivity index (χ0n) is 12.9. The van der Waals surface area contributed by atoms with Gasteiger partial charge < -0.3 is 4.90 Å². The van der Waals surface area contributed by atoms with Gasteiger partial charge in [-0.2, -0.15) is 23.4 Å². The van der Waals surface area contributed by atoms with Crippen molar-refractivity contribution in [2.75, 3.05) is 13.1 Å². The molecule has 2 aromatic rings. The Labute approximate surface area is 136 Å². The van der Waals surface area contributed by atoms with E-state index in [2.05, 4.69) is 15.2 Å². The first-order valence-electron chi connectivity index (χ1n) is 7.62. The van der Waals surface area contributed by atoms with Gasteiger partial charge in [0.1, 0.15) is 24.9 Å². The third kappa shape index (κ3) is 4.12.